The summed E-state index contributed by atoms with van der Waals surface area (Å²) in [7, 11) is 0. The average molecular weight is 278 g/mol. The molecule has 3 fully saturated rings. The van der Waals surface area contributed by atoms with Crippen LogP contribution in [-0.4, -0.2) is 18.4 Å². The van der Waals surface area contributed by atoms with Crippen molar-refractivity contribution in [2.45, 2.75) is 71.1 Å². The highest BCUT2D eigenvalue weighted by molar-refractivity contribution is 6.07. The Balaban J connectivity index is 1.76. The van der Waals surface area contributed by atoms with E-state index in [-0.39, 0.29) is 23.1 Å². The van der Waals surface area contributed by atoms with Crippen LogP contribution in [0.2, 0.25) is 0 Å². The summed E-state index contributed by atoms with van der Waals surface area (Å²) in [6.07, 6.45) is 11.0. The van der Waals surface area contributed by atoms with E-state index in [0.717, 1.165) is 25.7 Å². The van der Waals surface area contributed by atoms with Gasteiger partial charge in [0, 0.05) is 5.92 Å². The third-order valence-corrected chi connectivity index (χ3v) is 5.60. The highest BCUT2D eigenvalue weighted by Crippen LogP contribution is 2.63. The molecule has 112 valence electrons. The van der Waals surface area contributed by atoms with E-state index >= 15 is 0 Å². The largest absolute Gasteiger partial charge is 0.465 e. The van der Waals surface area contributed by atoms with Gasteiger partial charge in [-0.15, -0.1) is 0 Å². The van der Waals surface area contributed by atoms with Crippen LogP contribution in [0.4, 0.5) is 0 Å². The standard InChI is InChI=1S/C17H26O3/c1-2-20-15(19)17(14(18)13-7-8-13)11-16(12-17)9-5-3-4-6-10-16/h13H,2-12H2,1H3. The van der Waals surface area contributed by atoms with Crippen molar-refractivity contribution in [2.75, 3.05) is 6.61 Å². The van der Waals surface area contributed by atoms with E-state index in [1.165, 1.54) is 38.5 Å². The number of esters is 1. The number of ketones is 1. The molecule has 20 heavy (non-hydrogen) atoms. The lowest BCUT2D eigenvalue weighted by Gasteiger charge is -2.54. The minimum atomic E-state index is -0.762. The number of Topliss-reactive ketones (excluding diaryl/α,β-unsaturated/α-hetero) is 1. The van der Waals surface area contributed by atoms with Gasteiger partial charge in [0.05, 0.1) is 6.61 Å². The van der Waals surface area contributed by atoms with Crippen LogP contribution in [0.5, 0.6) is 0 Å². The van der Waals surface area contributed by atoms with Crippen molar-refractivity contribution in [3.8, 4) is 0 Å². The summed E-state index contributed by atoms with van der Waals surface area (Å²) >= 11 is 0. The molecular formula is C17H26O3. The molecule has 0 aromatic rings. The summed E-state index contributed by atoms with van der Waals surface area (Å²) in [6, 6.07) is 0. The van der Waals surface area contributed by atoms with Crippen molar-refractivity contribution >= 4 is 11.8 Å². The van der Waals surface area contributed by atoms with Crippen LogP contribution < -0.4 is 0 Å². The zero-order valence-corrected chi connectivity index (χ0v) is 12.6. The smallest absolute Gasteiger partial charge is 0.319 e. The number of hydrogen-bond donors (Lipinski definition) is 0. The second-order valence-corrected chi connectivity index (χ2v) is 7.21. The first-order valence-electron chi connectivity index (χ1n) is 8.33. The van der Waals surface area contributed by atoms with Crippen LogP contribution in [-0.2, 0) is 14.3 Å². The third kappa shape index (κ3) is 2.29. The van der Waals surface area contributed by atoms with Crippen LogP contribution in [0, 0.1) is 16.7 Å². The molecule has 0 aromatic carbocycles. The van der Waals surface area contributed by atoms with Crippen molar-refractivity contribution < 1.29 is 14.3 Å². The molecule has 0 heterocycles. The molecule has 0 atom stereocenters. The van der Waals surface area contributed by atoms with Crippen LogP contribution in [0.15, 0.2) is 0 Å². The topological polar surface area (TPSA) is 43.4 Å². The summed E-state index contributed by atoms with van der Waals surface area (Å²) in [5.41, 5.74) is -0.491. The number of ether oxygens (including phenoxy) is 1. The molecule has 3 rings (SSSR count). The SMILES string of the molecule is CCOC(=O)C1(C(=O)C2CC2)CC2(CCCCCC2)C1. The van der Waals surface area contributed by atoms with Gasteiger partial charge in [-0.3, -0.25) is 9.59 Å². The van der Waals surface area contributed by atoms with Gasteiger partial charge in [0.25, 0.3) is 0 Å². The minimum absolute atomic E-state index is 0.155. The fourth-order valence-electron chi connectivity index (χ4n) is 4.49. The first-order valence-corrected chi connectivity index (χ1v) is 8.33. The van der Waals surface area contributed by atoms with Gasteiger partial charge >= 0.3 is 5.97 Å². The van der Waals surface area contributed by atoms with Crippen LogP contribution in [0.3, 0.4) is 0 Å². The Morgan fingerprint density at radius 2 is 1.65 bits per heavy atom. The van der Waals surface area contributed by atoms with Crippen molar-refractivity contribution in [3.05, 3.63) is 0 Å². The van der Waals surface area contributed by atoms with E-state index < -0.39 is 5.41 Å². The molecule has 0 bridgehead atoms. The predicted octanol–water partition coefficient (Wildman–Crippen LogP) is 3.65. The first kappa shape index (κ1) is 14.1. The van der Waals surface area contributed by atoms with Crippen molar-refractivity contribution in [1.82, 2.24) is 0 Å². The average Bonchev–Trinajstić information content (AvgIpc) is 3.22. The van der Waals surface area contributed by atoms with Gasteiger partial charge in [-0.2, -0.15) is 0 Å². The van der Waals surface area contributed by atoms with Crippen molar-refractivity contribution in [2.24, 2.45) is 16.7 Å². The lowest BCUT2D eigenvalue weighted by molar-refractivity contribution is -0.179. The Hall–Kier alpha value is -0.860. The summed E-state index contributed by atoms with van der Waals surface area (Å²) in [6.45, 7) is 2.21. The lowest BCUT2D eigenvalue weighted by atomic mass is 9.48. The third-order valence-electron chi connectivity index (χ3n) is 5.60. The van der Waals surface area contributed by atoms with E-state index in [1.807, 2.05) is 6.92 Å². The normalized spacial score (nSPS) is 27.4. The Kier molecular flexibility index (Phi) is 3.64. The van der Waals surface area contributed by atoms with Crippen molar-refractivity contribution in [3.63, 3.8) is 0 Å². The molecule has 3 saturated carbocycles. The number of rotatable bonds is 4. The fourth-order valence-corrected chi connectivity index (χ4v) is 4.49. The molecule has 0 radical (unpaired) electrons. The molecule has 0 aromatic heterocycles. The van der Waals surface area contributed by atoms with Gasteiger partial charge in [-0.05, 0) is 50.9 Å². The van der Waals surface area contributed by atoms with E-state index in [1.54, 1.807) is 0 Å². The predicted molar refractivity (Wildman–Crippen MR) is 76.2 cm³/mol. The molecule has 0 unspecified atom stereocenters. The summed E-state index contributed by atoms with van der Waals surface area (Å²) in [5, 5.41) is 0. The molecular weight excluding hydrogens is 252 g/mol. The number of carbonyl (C=O) groups excluding carboxylic acids is 2. The van der Waals surface area contributed by atoms with Crippen LogP contribution in [0.1, 0.15) is 71.1 Å². The van der Waals surface area contributed by atoms with Crippen molar-refractivity contribution in [1.29, 1.82) is 0 Å². The Labute approximate surface area is 121 Å². The highest BCUT2D eigenvalue weighted by Gasteiger charge is 2.64. The molecule has 1 spiro atoms. The molecule has 0 amide bonds. The maximum atomic E-state index is 12.6. The molecule has 3 nitrogen and oxygen atoms in total. The molecule has 0 saturated heterocycles. The second kappa shape index (κ2) is 5.16. The monoisotopic (exact) mass is 278 g/mol. The van der Waals surface area contributed by atoms with Crippen LogP contribution in [0.25, 0.3) is 0 Å². The molecule has 0 N–H and O–H groups in total. The van der Waals surface area contributed by atoms with Gasteiger partial charge in [-0.25, -0.2) is 0 Å². The zero-order chi connectivity index (χ0) is 14.2. The molecule has 0 aliphatic heterocycles. The number of hydrogen-bond acceptors (Lipinski definition) is 3. The maximum absolute atomic E-state index is 12.6. The van der Waals surface area contributed by atoms with E-state index in [2.05, 4.69) is 0 Å². The van der Waals surface area contributed by atoms with Gasteiger partial charge in [0.1, 0.15) is 5.41 Å². The Bertz CT molecular complexity index is 392. The maximum Gasteiger partial charge on any atom is 0.319 e. The minimum Gasteiger partial charge on any atom is -0.465 e. The van der Waals surface area contributed by atoms with E-state index in [9.17, 15) is 9.59 Å². The zero-order valence-electron chi connectivity index (χ0n) is 12.6. The first-order chi connectivity index (χ1) is 9.62. The second-order valence-electron chi connectivity index (χ2n) is 7.21. The molecule has 3 heteroatoms. The van der Waals surface area contributed by atoms with Gasteiger partial charge in [0.15, 0.2) is 5.78 Å². The van der Waals surface area contributed by atoms with E-state index in [0.29, 0.717) is 6.61 Å². The van der Waals surface area contributed by atoms with Gasteiger partial charge in [0.2, 0.25) is 0 Å². The van der Waals surface area contributed by atoms with Gasteiger partial charge in [-0.1, -0.05) is 25.7 Å². The molecule has 3 aliphatic rings. The van der Waals surface area contributed by atoms with E-state index in [4.69, 9.17) is 4.74 Å². The quantitative estimate of drug-likeness (QED) is 0.582. The number of carbonyl (C=O) groups is 2. The Morgan fingerprint density at radius 1 is 1.05 bits per heavy atom. The Morgan fingerprint density at radius 3 is 2.15 bits per heavy atom. The highest BCUT2D eigenvalue weighted by atomic mass is 16.5. The summed E-state index contributed by atoms with van der Waals surface area (Å²) in [5.74, 6) is 0.125. The fraction of sp³-hybridized carbons (Fsp3) is 0.882. The van der Waals surface area contributed by atoms with Crippen LogP contribution >= 0.6 is 0 Å². The summed E-state index contributed by atoms with van der Waals surface area (Å²) < 4.78 is 5.25. The van der Waals surface area contributed by atoms with Gasteiger partial charge < -0.3 is 4.74 Å². The summed E-state index contributed by atoms with van der Waals surface area (Å²) in [4.78, 5) is 25.0. The molecule has 3 aliphatic carbocycles. The lowest BCUT2D eigenvalue weighted by Crippen LogP contribution is -2.57.